The van der Waals surface area contributed by atoms with Crippen LogP contribution in [-0.4, -0.2) is 22.9 Å². The van der Waals surface area contributed by atoms with Gasteiger partial charge in [-0.3, -0.25) is 0 Å². The summed E-state index contributed by atoms with van der Waals surface area (Å²) in [6.07, 6.45) is -8.19. The monoisotopic (exact) mass is 276 g/mol. The number of benzene rings is 1. The number of hydrogen-bond donors (Lipinski definition) is 3. The molecule has 19 heavy (non-hydrogen) atoms. The molecule has 0 aliphatic carbocycles. The number of halogens is 3. The van der Waals surface area contributed by atoms with Crippen LogP contribution in [0.25, 0.3) is 10.4 Å². The highest BCUT2D eigenvalue weighted by Gasteiger charge is 2.36. The molecule has 0 heterocycles. The number of aliphatic hydroxyl groups excluding tert-OH is 2. The summed E-state index contributed by atoms with van der Waals surface area (Å²) in [4.78, 5) is 2.35. The molecule has 0 radical (unpaired) electrons. The summed E-state index contributed by atoms with van der Waals surface area (Å²) in [7, 11) is 0. The number of alkyl halides is 3. The quantitative estimate of drug-likeness (QED) is 0.338. The van der Waals surface area contributed by atoms with Gasteiger partial charge in [0.05, 0.1) is 18.2 Å². The molecule has 0 saturated heterocycles. The van der Waals surface area contributed by atoms with E-state index in [2.05, 4.69) is 10.0 Å². The second-order valence-electron chi connectivity index (χ2n) is 3.77. The van der Waals surface area contributed by atoms with E-state index in [4.69, 9.17) is 11.3 Å². The van der Waals surface area contributed by atoms with Crippen molar-refractivity contribution < 1.29 is 23.4 Å². The van der Waals surface area contributed by atoms with Crippen LogP contribution in [0.2, 0.25) is 0 Å². The zero-order valence-corrected chi connectivity index (χ0v) is 9.54. The summed E-state index contributed by atoms with van der Waals surface area (Å²) < 4.78 is 38.3. The minimum Gasteiger partial charge on any atom is -0.399 e. The van der Waals surface area contributed by atoms with Gasteiger partial charge in [0.15, 0.2) is 0 Å². The molecule has 9 heteroatoms. The fraction of sp³-hybridized carbons (Fsp3) is 0.400. The molecule has 2 atom stereocenters. The first-order chi connectivity index (χ1) is 8.77. The molecule has 2 unspecified atom stereocenters. The lowest BCUT2D eigenvalue weighted by Crippen LogP contribution is -2.24. The average molecular weight is 276 g/mol. The minimum atomic E-state index is -4.72. The van der Waals surface area contributed by atoms with Gasteiger partial charge in [0.2, 0.25) is 0 Å². The molecule has 0 amide bonds. The Balaban J connectivity index is 3.15. The summed E-state index contributed by atoms with van der Waals surface area (Å²) >= 11 is 0. The second kappa shape index (κ2) is 5.79. The van der Waals surface area contributed by atoms with E-state index in [9.17, 15) is 23.4 Å². The summed E-state index contributed by atoms with van der Waals surface area (Å²) in [5, 5.41) is 22.1. The van der Waals surface area contributed by atoms with Crippen molar-refractivity contribution in [1.29, 1.82) is 0 Å². The number of azide groups is 1. The van der Waals surface area contributed by atoms with Crippen LogP contribution in [0.1, 0.15) is 17.2 Å². The highest BCUT2D eigenvalue weighted by Crippen LogP contribution is 2.36. The third-order valence-corrected chi connectivity index (χ3v) is 2.40. The minimum absolute atomic E-state index is 0.118. The Bertz CT molecular complexity index is 500. The maximum absolute atomic E-state index is 12.8. The molecule has 0 aliphatic rings. The van der Waals surface area contributed by atoms with Crippen LogP contribution >= 0.6 is 0 Å². The van der Waals surface area contributed by atoms with Gasteiger partial charge in [-0.05, 0) is 23.2 Å². The molecule has 0 aromatic heterocycles. The van der Waals surface area contributed by atoms with Crippen molar-refractivity contribution in [1.82, 2.24) is 0 Å². The number of nitrogens with two attached hydrogens (primary N) is 1. The van der Waals surface area contributed by atoms with E-state index in [0.717, 1.165) is 6.07 Å². The largest absolute Gasteiger partial charge is 0.416 e. The zero-order chi connectivity index (χ0) is 14.6. The molecule has 0 saturated carbocycles. The Kier molecular flexibility index (Phi) is 4.60. The van der Waals surface area contributed by atoms with Crippen LogP contribution in [0, 0.1) is 0 Å². The van der Waals surface area contributed by atoms with Gasteiger partial charge in [0.25, 0.3) is 0 Å². The lowest BCUT2D eigenvalue weighted by Gasteiger charge is -2.21. The predicted octanol–water partition coefficient (Wildman–Crippen LogP) is 1.99. The standard InChI is InChI=1S/C10H11F3N4O2/c11-10(12,13)7-3-5(14)1-2-6(7)9(19)8(18)4-16-17-15/h1-3,8-9,18-19H,4,14H2. The van der Waals surface area contributed by atoms with Crippen molar-refractivity contribution >= 4 is 5.69 Å². The van der Waals surface area contributed by atoms with Gasteiger partial charge < -0.3 is 15.9 Å². The van der Waals surface area contributed by atoms with Crippen molar-refractivity contribution in [3.05, 3.63) is 39.8 Å². The molecular weight excluding hydrogens is 265 g/mol. The zero-order valence-electron chi connectivity index (χ0n) is 9.54. The molecule has 1 aromatic carbocycles. The SMILES string of the molecule is [N-]=[N+]=NCC(O)C(O)c1ccc(N)cc1C(F)(F)F. The lowest BCUT2D eigenvalue weighted by atomic mass is 9.97. The molecule has 1 rings (SSSR count). The molecule has 0 spiro atoms. The third-order valence-electron chi connectivity index (χ3n) is 2.40. The maximum Gasteiger partial charge on any atom is 0.416 e. The van der Waals surface area contributed by atoms with Crippen LogP contribution in [0.3, 0.4) is 0 Å². The summed E-state index contributed by atoms with van der Waals surface area (Å²) in [5.41, 5.74) is 11.5. The van der Waals surface area contributed by atoms with Crippen molar-refractivity contribution in [2.24, 2.45) is 5.11 Å². The highest BCUT2D eigenvalue weighted by atomic mass is 19.4. The summed E-state index contributed by atoms with van der Waals surface area (Å²) in [6.45, 7) is -0.542. The van der Waals surface area contributed by atoms with Crippen molar-refractivity contribution in [3.8, 4) is 0 Å². The van der Waals surface area contributed by atoms with E-state index in [1.54, 1.807) is 0 Å². The van der Waals surface area contributed by atoms with Crippen LogP contribution in [-0.2, 0) is 6.18 Å². The molecule has 1 aromatic rings. The van der Waals surface area contributed by atoms with Gasteiger partial charge in [-0.25, -0.2) is 0 Å². The molecule has 6 nitrogen and oxygen atoms in total. The third kappa shape index (κ3) is 3.75. The molecule has 0 aliphatic heterocycles. The molecule has 4 N–H and O–H groups in total. The molecule has 0 bridgehead atoms. The van der Waals surface area contributed by atoms with E-state index in [0.29, 0.717) is 6.07 Å². The van der Waals surface area contributed by atoms with E-state index in [1.807, 2.05) is 0 Å². The van der Waals surface area contributed by atoms with Gasteiger partial charge in [0.1, 0.15) is 6.10 Å². The highest BCUT2D eigenvalue weighted by molar-refractivity contribution is 5.47. The van der Waals surface area contributed by atoms with Gasteiger partial charge in [-0.2, -0.15) is 13.2 Å². The van der Waals surface area contributed by atoms with Gasteiger partial charge >= 0.3 is 6.18 Å². The Hall–Kier alpha value is -1.96. The fourth-order valence-electron chi connectivity index (χ4n) is 1.50. The Morgan fingerprint density at radius 1 is 1.37 bits per heavy atom. The number of nitrogen functional groups attached to an aromatic ring is 1. The van der Waals surface area contributed by atoms with Crippen molar-refractivity contribution in [2.75, 3.05) is 12.3 Å². The predicted molar refractivity (Wildman–Crippen MR) is 60.8 cm³/mol. The van der Waals surface area contributed by atoms with Gasteiger partial charge in [0, 0.05) is 10.6 Å². The Morgan fingerprint density at radius 2 is 2.00 bits per heavy atom. The van der Waals surface area contributed by atoms with E-state index < -0.39 is 36.1 Å². The number of aliphatic hydroxyl groups is 2. The normalized spacial score (nSPS) is 14.6. The second-order valence-corrected chi connectivity index (χ2v) is 3.77. The molecule has 0 fully saturated rings. The summed E-state index contributed by atoms with van der Waals surface area (Å²) in [6, 6.07) is 2.81. The lowest BCUT2D eigenvalue weighted by molar-refractivity contribution is -0.139. The van der Waals surface area contributed by atoms with Gasteiger partial charge in [-0.1, -0.05) is 11.2 Å². The van der Waals surface area contributed by atoms with Crippen LogP contribution < -0.4 is 5.73 Å². The first kappa shape index (κ1) is 15.1. The molecular formula is C10H11F3N4O2. The van der Waals surface area contributed by atoms with E-state index >= 15 is 0 Å². The van der Waals surface area contributed by atoms with Gasteiger partial charge in [-0.15, -0.1) is 0 Å². The Morgan fingerprint density at radius 3 is 2.53 bits per heavy atom. The first-order valence-electron chi connectivity index (χ1n) is 5.11. The smallest absolute Gasteiger partial charge is 0.399 e. The Labute approximate surface area is 105 Å². The fourth-order valence-corrected chi connectivity index (χ4v) is 1.50. The summed E-state index contributed by atoms with van der Waals surface area (Å²) in [5.74, 6) is 0. The van der Waals surface area contributed by atoms with E-state index in [-0.39, 0.29) is 5.69 Å². The average Bonchev–Trinajstić information content (AvgIpc) is 2.34. The first-order valence-corrected chi connectivity index (χ1v) is 5.11. The topological polar surface area (TPSA) is 115 Å². The van der Waals surface area contributed by atoms with Crippen LogP contribution in [0.15, 0.2) is 23.3 Å². The van der Waals surface area contributed by atoms with Crippen LogP contribution in [0.4, 0.5) is 18.9 Å². The number of nitrogens with zero attached hydrogens (tertiary/aromatic N) is 3. The van der Waals surface area contributed by atoms with E-state index in [1.165, 1.54) is 6.07 Å². The maximum atomic E-state index is 12.8. The number of anilines is 1. The van der Waals surface area contributed by atoms with Crippen molar-refractivity contribution in [2.45, 2.75) is 18.4 Å². The van der Waals surface area contributed by atoms with Crippen molar-refractivity contribution in [3.63, 3.8) is 0 Å². The number of rotatable bonds is 4. The molecule has 104 valence electrons. The number of hydrogen-bond acceptors (Lipinski definition) is 4. The van der Waals surface area contributed by atoms with Crippen LogP contribution in [0.5, 0.6) is 0 Å².